The lowest BCUT2D eigenvalue weighted by Crippen LogP contribution is -2.31. The summed E-state index contributed by atoms with van der Waals surface area (Å²) in [5.41, 5.74) is 0. The van der Waals surface area contributed by atoms with Crippen LogP contribution in [-0.4, -0.2) is 28.1 Å². The van der Waals surface area contributed by atoms with Crippen molar-refractivity contribution in [2.24, 2.45) is 0 Å². The van der Waals surface area contributed by atoms with Crippen LogP contribution < -0.4 is 0 Å². The van der Waals surface area contributed by atoms with Crippen molar-refractivity contribution in [3.05, 3.63) is 12.2 Å². The van der Waals surface area contributed by atoms with Crippen LogP contribution >= 0.6 is 0 Å². The number of rotatable bonds is 1. The van der Waals surface area contributed by atoms with Crippen molar-refractivity contribution in [3.63, 3.8) is 0 Å². The molecule has 0 unspecified atom stereocenters. The number of nitrogens with zero attached hydrogens (tertiary/aromatic N) is 1. The standard InChI is InChI=1S/C8H14.C5H5NO5/c1-2-4-6-8-7-5-3-1;7-3-1-2-4(8)6(3)11-5(9)10/h1-2H,3-8H2;1-2H2,(H,9,10). The van der Waals surface area contributed by atoms with E-state index >= 15 is 0 Å². The van der Waals surface area contributed by atoms with Crippen molar-refractivity contribution in [2.75, 3.05) is 0 Å². The molecular formula is C13H19NO5. The summed E-state index contributed by atoms with van der Waals surface area (Å²) < 4.78 is 0. The van der Waals surface area contributed by atoms with Gasteiger partial charge in [-0.1, -0.05) is 30.1 Å². The Kier molecular flexibility index (Phi) is 6.63. The minimum Gasteiger partial charge on any atom is -0.448 e. The normalized spacial score (nSPS) is 19.3. The molecule has 2 aliphatic rings. The fraction of sp³-hybridized carbons (Fsp3) is 0.615. The van der Waals surface area contributed by atoms with Gasteiger partial charge in [0, 0.05) is 12.8 Å². The Balaban J connectivity index is 0.000000200. The molecule has 0 saturated carbocycles. The van der Waals surface area contributed by atoms with Gasteiger partial charge < -0.3 is 5.11 Å². The summed E-state index contributed by atoms with van der Waals surface area (Å²) in [7, 11) is 0. The molecule has 6 nitrogen and oxygen atoms in total. The summed E-state index contributed by atoms with van der Waals surface area (Å²) >= 11 is 0. The Morgan fingerprint density at radius 3 is 1.89 bits per heavy atom. The molecular weight excluding hydrogens is 250 g/mol. The molecule has 0 aromatic heterocycles. The predicted molar refractivity (Wildman–Crippen MR) is 67.0 cm³/mol. The lowest BCUT2D eigenvalue weighted by molar-refractivity contribution is -0.175. The quantitative estimate of drug-likeness (QED) is 0.584. The van der Waals surface area contributed by atoms with Gasteiger partial charge in [0.1, 0.15) is 0 Å². The van der Waals surface area contributed by atoms with Gasteiger partial charge in [-0.05, 0) is 25.7 Å². The van der Waals surface area contributed by atoms with Gasteiger partial charge in [0.25, 0.3) is 11.8 Å². The van der Waals surface area contributed by atoms with Crippen molar-refractivity contribution in [3.8, 4) is 0 Å². The van der Waals surface area contributed by atoms with Gasteiger partial charge in [-0.25, -0.2) is 4.79 Å². The third kappa shape index (κ3) is 6.03. The summed E-state index contributed by atoms with van der Waals surface area (Å²) in [5, 5.41) is 8.31. The highest BCUT2D eigenvalue weighted by Crippen LogP contribution is 2.11. The van der Waals surface area contributed by atoms with E-state index in [1.54, 1.807) is 0 Å². The topological polar surface area (TPSA) is 83.9 Å². The van der Waals surface area contributed by atoms with E-state index in [0.29, 0.717) is 0 Å². The second-order valence-corrected chi connectivity index (χ2v) is 4.40. The molecule has 0 radical (unpaired) electrons. The number of carbonyl (C=O) groups excluding carboxylic acids is 2. The lowest BCUT2D eigenvalue weighted by atomic mass is 10.1. The van der Waals surface area contributed by atoms with Crippen LogP contribution in [-0.2, 0) is 14.4 Å². The maximum Gasteiger partial charge on any atom is 0.531 e. The smallest absolute Gasteiger partial charge is 0.448 e. The lowest BCUT2D eigenvalue weighted by Gasteiger charge is -2.08. The van der Waals surface area contributed by atoms with Crippen molar-refractivity contribution in [1.29, 1.82) is 0 Å². The number of carboxylic acid groups (broad SMARTS) is 1. The van der Waals surface area contributed by atoms with E-state index in [0.717, 1.165) is 0 Å². The van der Waals surface area contributed by atoms with Crippen molar-refractivity contribution < 1.29 is 24.3 Å². The summed E-state index contributed by atoms with van der Waals surface area (Å²) in [6.07, 6.45) is 11.4. The first-order valence-corrected chi connectivity index (χ1v) is 6.53. The fourth-order valence-corrected chi connectivity index (χ4v) is 1.85. The van der Waals surface area contributed by atoms with Crippen LogP contribution in [0.1, 0.15) is 51.4 Å². The highest BCUT2D eigenvalue weighted by atomic mass is 16.8. The zero-order valence-corrected chi connectivity index (χ0v) is 10.8. The molecule has 1 aliphatic carbocycles. The van der Waals surface area contributed by atoms with Crippen LogP contribution in [0.15, 0.2) is 12.2 Å². The Bertz CT molecular complexity index is 338. The van der Waals surface area contributed by atoms with E-state index in [2.05, 4.69) is 17.0 Å². The molecule has 2 amide bonds. The summed E-state index contributed by atoms with van der Waals surface area (Å²) in [4.78, 5) is 35.0. The molecule has 0 aromatic carbocycles. The van der Waals surface area contributed by atoms with E-state index in [9.17, 15) is 14.4 Å². The summed E-state index contributed by atoms with van der Waals surface area (Å²) in [5.74, 6) is -1.23. The maximum absolute atomic E-state index is 10.6. The largest absolute Gasteiger partial charge is 0.531 e. The minimum atomic E-state index is -1.66. The number of hydroxylamine groups is 2. The summed E-state index contributed by atoms with van der Waals surface area (Å²) in [6, 6.07) is 0. The van der Waals surface area contributed by atoms with Crippen LogP contribution in [0, 0.1) is 0 Å². The SMILES string of the molecule is C1=CCCCCCC1.O=C(O)ON1C(=O)CCC1=O. The van der Waals surface area contributed by atoms with Gasteiger partial charge in [-0.2, -0.15) is 0 Å². The van der Waals surface area contributed by atoms with Crippen LogP contribution in [0.3, 0.4) is 0 Å². The molecule has 1 N–H and O–H groups in total. The number of hydrogen-bond acceptors (Lipinski definition) is 4. The third-order valence-corrected chi connectivity index (χ3v) is 2.83. The molecule has 19 heavy (non-hydrogen) atoms. The molecule has 1 aliphatic heterocycles. The van der Waals surface area contributed by atoms with Crippen LogP contribution in [0.2, 0.25) is 0 Å². The number of amides is 2. The Hall–Kier alpha value is -1.85. The molecule has 2 rings (SSSR count). The molecule has 6 heteroatoms. The average Bonchev–Trinajstić information content (AvgIpc) is 2.60. The predicted octanol–water partition coefficient (Wildman–Crippen LogP) is 2.64. The van der Waals surface area contributed by atoms with Crippen molar-refractivity contribution in [1.82, 2.24) is 5.06 Å². The molecule has 106 valence electrons. The third-order valence-electron chi connectivity index (χ3n) is 2.83. The molecule has 0 atom stereocenters. The Morgan fingerprint density at radius 2 is 1.47 bits per heavy atom. The Labute approximate surface area is 112 Å². The van der Waals surface area contributed by atoms with Gasteiger partial charge in [0.05, 0.1) is 0 Å². The summed E-state index contributed by atoms with van der Waals surface area (Å²) in [6.45, 7) is 0. The van der Waals surface area contributed by atoms with Gasteiger partial charge in [0.2, 0.25) is 0 Å². The van der Waals surface area contributed by atoms with Crippen LogP contribution in [0.25, 0.3) is 0 Å². The molecule has 1 heterocycles. The van der Waals surface area contributed by atoms with E-state index in [1.807, 2.05) is 0 Å². The molecule has 1 saturated heterocycles. The fourth-order valence-electron chi connectivity index (χ4n) is 1.85. The molecule has 0 aromatic rings. The minimum absolute atomic E-state index is 0.0200. The highest BCUT2D eigenvalue weighted by molar-refractivity contribution is 6.01. The second kappa shape index (κ2) is 8.29. The zero-order chi connectivity index (χ0) is 14.1. The van der Waals surface area contributed by atoms with Gasteiger partial charge in [-0.15, -0.1) is 0 Å². The van der Waals surface area contributed by atoms with Crippen LogP contribution in [0.5, 0.6) is 0 Å². The first-order chi connectivity index (χ1) is 9.11. The monoisotopic (exact) mass is 269 g/mol. The van der Waals surface area contributed by atoms with Gasteiger partial charge in [-0.3, -0.25) is 14.4 Å². The molecule has 0 spiro atoms. The van der Waals surface area contributed by atoms with E-state index < -0.39 is 18.0 Å². The zero-order valence-electron chi connectivity index (χ0n) is 10.8. The van der Waals surface area contributed by atoms with Crippen molar-refractivity contribution in [2.45, 2.75) is 51.4 Å². The first-order valence-electron chi connectivity index (χ1n) is 6.53. The van der Waals surface area contributed by atoms with Gasteiger partial charge >= 0.3 is 6.16 Å². The van der Waals surface area contributed by atoms with E-state index in [-0.39, 0.29) is 17.9 Å². The van der Waals surface area contributed by atoms with Crippen molar-refractivity contribution >= 4 is 18.0 Å². The first kappa shape index (κ1) is 15.2. The number of carbonyl (C=O) groups is 3. The number of allylic oxidation sites excluding steroid dienone is 2. The second-order valence-electron chi connectivity index (χ2n) is 4.40. The Morgan fingerprint density at radius 1 is 1.00 bits per heavy atom. The molecule has 0 bridgehead atoms. The van der Waals surface area contributed by atoms with E-state index in [4.69, 9.17) is 5.11 Å². The number of hydrogen-bond donors (Lipinski definition) is 1. The maximum atomic E-state index is 10.6. The van der Waals surface area contributed by atoms with Crippen LogP contribution in [0.4, 0.5) is 4.79 Å². The van der Waals surface area contributed by atoms with E-state index in [1.165, 1.54) is 38.5 Å². The highest BCUT2D eigenvalue weighted by Gasteiger charge is 2.32. The van der Waals surface area contributed by atoms with Gasteiger partial charge in [0.15, 0.2) is 0 Å². The number of imide groups is 1. The molecule has 1 fully saturated rings. The average molecular weight is 269 g/mol.